The summed E-state index contributed by atoms with van der Waals surface area (Å²) in [5, 5.41) is 9.78. The first kappa shape index (κ1) is 29.2. The number of aryl methyl sites for hydroxylation is 1. The number of benzene rings is 4. The number of hydrogen-bond donors (Lipinski definition) is 1. The van der Waals surface area contributed by atoms with Crippen molar-refractivity contribution in [3.05, 3.63) is 130 Å². The van der Waals surface area contributed by atoms with E-state index in [9.17, 15) is 4.39 Å². The Morgan fingerprint density at radius 2 is 1.28 bits per heavy atom. The highest BCUT2D eigenvalue weighted by atomic mass is 35.5. The molecule has 0 spiro atoms. The summed E-state index contributed by atoms with van der Waals surface area (Å²) in [4.78, 5) is 5.02. The van der Waals surface area contributed by atoms with Crippen molar-refractivity contribution < 1.29 is 9.13 Å². The lowest BCUT2D eigenvalue weighted by molar-refractivity contribution is 0.122. The zero-order chi connectivity index (χ0) is 29.6. The summed E-state index contributed by atoms with van der Waals surface area (Å²) < 4.78 is 23.0. The molecule has 0 bridgehead atoms. The summed E-state index contributed by atoms with van der Waals surface area (Å²) in [5.74, 6) is 0.378. The van der Waals surface area contributed by atoms with Crippen molar-refractivity contribution in [3.8, 4) is 5.75 Å². The number of aromatic nitrogens is 2. The lowest BCUT2D eigenvalue weighted by Gasteiger charge is -2.34. The van der Waals surface area contributed by atoms with Crippen LogP contribution in [0.1, 0.15) is 23.1 Å². The second-order valence-corrected chi connectivity index (χ2v) is 11.6. The highest BCUT2D eigenvalue weighted by Gasteiger charge is 2.17. The summed E-state index contributed by atoms with van der Waals surface area (Å²) in [6.07, 6.45) is 0.742. The largest absolute Gasteiger partial charge is 0.494 e. The number of hydrogen-bond acceptors (Lipinski definition) is 4. The monoisotopic (exact) mass is 597 g/mol. The van der Waals surface area contributed by atoms with E-state index in [1.165, 1.54) is 28.8 Å². The molecule has 6 nitrogen and oxygen atoms in total. The molecule has 0 radical (unpaired) electrons. The first-order chi connectivity index (χ1) is 21.0. The van der Waals surface area contributed by atoms with Gasteiger partial charge >= 0.3 is 0 Å². The Hall–Kier alpha value is -3.91. The quantitative estimate of drug-likeness (QED) is 0.176. The fraction of sp³-hybridized carbons (Fsp3) is 0.286. The van der Waals surface area contributed by atoms with Crippen LogP contribution in [0.3, 0.4) is 0 Å². The van der Waals surface area contributed by atoms with Gasteiger partial charge in [-0.25, -0.2) is 4.39 Å². The van der Waals surface area contributed by atoms with Gasteiger partial charge in [-0.05, 0) is 71.6 Å². The van der Waals surface area contributed by atoms with Gasteiger partial charge in [0.2, 0.25) is 5.62 Å². The van der Waals surface area contributed by atoms with Crippen molar-refractivity contribution in [3.63, 3.8) is 0 Å². The average molecular weight is 598 g/mol. The van der Waals surface area contributed by atoms with E-state index in [4.69, 9.17) is 21.7 Å². The lowest BCUT2D eigenvalue weighted by atomic mass is 10.1. The predicted octanol–water partition coefficient (Wildman–Crippen LogP) is 6.55. The van der Waals surface area contributed by atoms with Gasteiger partial charge in [-0.3, -0.25) is 15.2 Å². The lowest BCUT2D eigenvalue weighted by Crippen LogP contribution is -2.45. The van der Waals surface area contributed by atoms with E-state index in [1.54, 1.807) is 12.1 Å². The maximum atomic E-state index is 13.2. The Kier molecular flexibility index (Phi) is 9.22. The fourth-order valence-corrected chi connectivity index (χ4v) is 6.03. The molecule has 1 aliphatic heterocycles. The molecule has 0 unspecified atom stereocenters. The van der Waals surface area contributed by atoms with Crippen molar-refractivity contribution in [1.29, 1.82) is 5.41 Å². The standard InChI is InChI=1S/C35H37ClFN5O/c36-30-6-3-5-29(23-30)25-40-20-18-39(19-21-40)24-27-9-11-28(12-10-27)26-42-34-8-2-1-7-33(34)41(35(42)38)17-4-22-43-32-15-13-31(37)14-16-32/h1-3,5-16,23,38H,4,17-22,24-26H2. The topological polar surface area (TPSA) is 49.4 Å². The molecule has 1 N–H and O–H groups in total. The summed E-state index contributed by atoms with van der Waals surface area (Å²) in [6.45, 7) is 7.89. The Bertz CT molecular complexity index is 1710. The third-order valence-electron chi connectivity index (χ3n) is 8.11. The number of rotatable bonds is 11. The van der Waals surface area contributed by atoms with Crippen LogP contribution in [0.25, 0.3) is 11.0 Å². The van der Waals surface area contributed by atoms with Crippen LogP contribution in [-0.4, -0.2) is 51.7 Å². The van der Waals surface area contributed by atoms with Gasteiger partial charge in [0.1, 0.15) is 11.6 Å². The van der Waals surface area contributed by atoms with Crippen LogP contribution in [0.2, 0.25) is 5.02 Å². The Labute approximate surface area is 257 Å². The minimum Gasteiger partial charge on any atom is -0.494 e. The van der Waals surface area contributed by atoms with Gasteiger partial charge in [-0.1, -0.05) is 60.1 Å². The van der Waals surface area contributed by atoms with Crippen molar-refractivity contribution in [2.45, 2.75) is 32.6 Å². The van der Waals surface area contributed by atoms with Crippen molar-refractivity contribution in [2.24, 2.45) is 0 Å². The summed E-state index contributed by atoms with van der Waals surface area (Å²) in [5.41, 5.74) is 6.32. The number of piperazine rings is 1. The molecule has 0 aliphatic carbocycles. The molecule has 1 fully saturated rings. The number of fused-ring (bicyclic) bond motifs is 1. The smallest absolute Gasteiger partial charge is 0.203 e. The summed E-state index contributed by atoms with van der Waals surface area (Å²) in [6, 6.07) is 31.3. The first-order valence-electron chi connectivity index (χ1n) is 14.9. The van der Waals surface area contributed by atoms with E-state index in [1.807, 2.05) is 28.8 Å². The normalized spacial score (nSPS) is 14.4. The third kappa shape index (κ3) is 7.36. The number of para-hydroxylation sites is 2. The van der Waals surface area contributed by atoms with Crippen LogP contribution in [0.4, 0.5) is 4.39 Å². The molecule has 222 valence electrons. The first-order valence-corrected chi connectivity index (χ1v) is 15.3. The van der Waals surface area contributed by atoms with E-state index in [-0.39, 0.29) is 5.82 Å². The van der Waals surface area contributed by atoms with E-state index in [0.29, 0.717) is 31.1 Å². The maximum Gasteiger partial charge on any atom is 0.203 e. The van der Waals surface area contributed by atoms with Crippen molar-refractivity contribution in [1.82, 2.24) is 18.9 Å². The van der Waals surface area contributed by atoms with Crippen molar-refractivity contribution in [2.75, 3.05) is 32.8 Å². The zero-order valence-electron chi connectivity index (χ0n) is 24.3. The molecule has 0 saturated carbocycles. The minimum atomic E-state index is -0.274. The second kappa shape index (κ2) is 13.6. The number of halogens is 2. The molecule has 1 aliphatic rings. The summed E-state index contributed by atoms with van der Waals surface area (Å²) >= 11 is 6.16. The van der Waals surface area contributed by atoms with Crippen LogP contribution >= 0.6 is 11.6 Å². The van der Waals surface area contributed by atoms with Crippen LogP contribution < -0.4 is 10.4 Å². The highest BCUT2D eigenvalue weighted by molar-refractivity contribution is 6.30. The number of nitrogens with zero attached hydrogens (tertiary/aromatic N) is 4. The Morgan fingerprint density at radius 1 is 0.674 bits per heavy atom. The van der Waals surface area contributed by atoms with Crippen LogP contribution in [0.15, 0.2) is 97.1 Å². The van der Waals surface area contributed by atoms with E-state index < -0.39 is 0 Å². The highest BCUT2D eigenvalue weighted by Crippen LogP contribution is 2.18. The van der Waals surface area contributed by atoms with Crippen molar-refractivity contribution >= 4 is 22.6 Å². The second-order valence-electron chi connectivity index (χ2n) is 11.2. The molecule has 1 saturated heterocycles. The zero-order valence-corrected chi connectivity index (χ0v) is 25.0. The molecule has 0 amide bonds. The van der Waals surface area contributed by atoms with Gasteiger partial charge in [-0.2, -0.15) is 0 Å². The van der Waals surface area contributed by atoms with E-state index >= 15 is 0 Å². The Balaban J connectivity index is 1.04. The van der Waals surface area contributed by atoms with Crippen LogP contribution in [0.5, 0.6) is 5.75 Å². The van der Waals surface area contributed by atoms with Crippen LogP contribution in [-0.2, 0) is 26.2 Å². The number of nitrogens with one attached hydrogen (secondary N) is 1. The molecule has 2 heterocycles. The molecule has 8 heteroatoms. The van der Waals surface area contributed by atoms with E-state index in [0.717, 1.165) is 61.7 Å². The molecule has 5 aromatic rings. The van der Waals surface area contributed by atoms with Gasteiger partial charge in [0.15, 0.2) is 0 Å². The molecular weight excluding hydrogens is 561 g/mol. The number of ether oxygens (including phenoxy) is 1. The van der Waals surface area contributed by atoms with Gasteiger partial charge in [-0.15, -0.1) is 0 Å². The number of imidazole rings is 1. The molecule has 1 aromatic heterocycles. The van der Waals surface area contributed by atoms with Gasteiger partial charge in [0, 0.05) is 50.8 Å². The van der Waals surface area contributed by atoms with Gasteiger partial charge < -0.3 is 13.9 Å². The summed E-state index contributed by atoms with van der Waals surface area (Å²) in [7, 11) is 0. The molecule has 6 rings (SSSR count). The average Bonchev–Trinajstić information content (AvgIpc) is 3.28. The van der Waals surface area contributed by atoms with Crippen LogP contribution in [0, 0.1) is 11.2 Å². The minimum absolute atomic E-state index is 0.274. The fourth-order valence-electron chi connectivity index (χ4n) is 5.81. The molecular formula is C35H37ClFN5O. The molecule has 4 aromatic carbocycles. The van der Waals surface area contributed by atoms with Gasteiger partial charge in [0.25, 0.3) is 0 Å². The Morgan fingerprint density at radius 3 is 1.93 bits per heavy atom. The molecule has 43 heavy (non-hydrogen) atoms. The predicted molar refractivity (Wildman–Crippen MR) is 170 cm³/mol. The SMILES string of the molecule is N=c1n(CCCOc2ccc(F)cc2)c2ccccc2n1Cc1ccc(CN2CCN(Cc3cccc(Cl)c3)CC2)cc1. The van der Waals surface area contributed by atoms with E-state index in [2.05, 4.69) is 62.9 Å². The third-order valence-corrected chi connectivity index (χ3v) is 8.35. The molecule has 0 atom stereocenters. The van der Waals surface area contributed by atoms with Gasteiger partial charge in [0.05, 0.1) is 24.2 Å². The maximum absolute atomic E-state index is 13.2.